The van der Waals surface area contributed by atoms with Gasteiger partial charge in [0, 0.05) is 61.8 Å². The number of aromatic nitrogens is 4. The van der Waals surface area contributed by atoms with Crippen LogP contribution in [0.2, 0.25) is 0 Å². The average Bonchev–Trinajstić information content (AvgIpc) is 3.48. The molecule has 0 spiro atoms. The Morgan fingerprint density at radius 2 is 1.76 bits per heavy atom. The van der Waals surface area contributed by atoms with Crippen molar-refractivity contribution >= 4 is 40.4 Å². The Balaban J connectivity index is 1.09. The van der Waals surface area contributed by atoms with Crippen molar-refractivity contribution < 1.29 is 19.1 Å². The third-order valence-corrected chi connectivity index (χ3v) is 9.13. The fraction of sp³-hybridized carbons (Fsp3) is 0.432. The van der Waals surface area contributed by atoms with Gasteiger partial charge in [-0.05, 0) is 101 Å². The number of rotatable bonds is 8. The Morgan fingerprint density at radius 3 is 2.47 bits per heavy atom. The van der Waals surface area contributed by atoms with Gasteiger partial charge in [-0.15, -0.1) is 0 Å². The number of hydrogen-bond acceptors (Lipinski definition) is 9. The lowest BCUT2D eigenvalue weighted by Gasteiger charge is -2.43. The predicted octanol–water partition coefficient (Wildman–Crippen LogP) is 6.98. The number of nitrogens with one attached hydrogen (secondary N) is 3. The summed E-state index contributed by atoms with van der Waals surface area (Å²) in [6.45, 7) is 16.1. The Morgan fingerprint density at radius 1 is 1.02 bits per heavy atom. The Labute approximate surface area is 287 Å². The third-order valence-electron chi connectivity index (χ3n) is 9.13. The summed E-state index contributed by atoms with van der Waals surface area (Å²) in [4.78, 5) is 39.0. The van der Waals surface area contributed by atoms with E-state index in [1.807, 2.05) is 82.0 Å². The van der Waals surface area contributed by atoms with Crippen LogP contribution < -0.4 is 15.4 Å². The molecule has 3 aromatic heterocycles. The number of fused-ring (bicyclic) bond motifs is 1. The van der Waals surface area contributed by atoms with E-state index in [2.05, 4.69) is 37.4 Å². The maximum atomic E-state index is 13.9. The lowest BCUT2D eigenvalue weighted by Crippen LogP contribution is -2.54. The number of aryl methyl sites for hydroxylation is 1. The molecule has 4 aromatic rings. The molecule has 1 atom stereocenters. The van der Waals surface area contributed by atoms with Gasteiger partial charge < -0.3 is 29.9 Å². The Bertz CT molecular complexity index is 1820. The number of carbonyl (C=O) groups excluding carboxylic acids is 2. The van der Waals surface area contributed by atoms with Crippen molar-refractivity contribution in [2.45, 2.75) is 71.9 Å². The van der Waals surface area contributed by atoms with E-state index < -0.39 is 11.0 Å². The first kappa shape index (κ1) is 33.8. The molecule has 258 valence electrons. The minimum atomic E-state index is -0.550. The van der Waals surface area contributed by atoms with Crippen LogP contribution in [0.4, 0.5) is 16.4 Å². The highest BCUT2D eigenvalue weighted by molar-refractivity contribution is 5.93. The Kier molecular flexibility index (Phi) is 9.49. The van der Waals surface area contributed by atoms with E-state index in [9.17, 15) is 9.59 Å². The minimum absolute atomic E-state index is 0.00314. The monoisotopic (exact) mass is 666 g/mol. The predicted molar refractivity (Wildman–Crippen MR) is 190 cm³/mol. The first-order chi connectivity index (χ1) is 23.4. The van der Waals surface area contributed by atoms with Crippen LogP contribution in [0.1, 0.15) is 64.5 Å². The number of H-pyrrole nitrogens is 1. The molecule has 0 bridgehead atoms. The number of amides is 2. The van der Waals surface area contributed by atoms with Crippen LogP contribution in [-0.4, -0.2) is 79.8 Å². The molecule has 0 radical (unpaired) electrons. The minimum Gasteiger partial charge on any atom is -0.456 e. The van der Waals surface area contributed by atoms with Gasteiger partial charge in [-0.1, -0.05) is 13.5 Å². The maximum absolute atomic E-state index is 13.9. The van der Waals surface area contributed by atoms with E-state index >= 15 is 0 Å². The zero-order valence-corrected chi connectivity index (χ0v) is 29.0. The molecule has 6 rings (SSSR count). The summed E-state index contributed by atoms with van der Waals surface area (Å²) in [5, 5.41) is 15.1. The third kappa shape index (κ3) is 7.96. The number of ether oxygens (including phenoxy) is 2. The van der Waals surface area contributed by atoms with E-state index in [0.29, 0.717) is 62.0 Å². The quantitative estimate of drug-likeness (QED) is 0.182. The van der Waals surface area contributed by atoms with Crippen LogP contribution in [0, 0.1) is 12.3 Å². The van der Waals surface area contributed by atoms with E-state index in [4.69, 9.17) is 9.47 Å². The van der Waals surface area contributed by atoms with E-state index in [-0.39, 0.29) is 18.0 Å². The highest BCUT2D eigenvalue weighted by Crippen LogP contribution is 2.36. The zero-order valence-electron chi connectivity index (χ0n) is 29.0. The molecule has 0 saturated carbocycles. The number of likely N-dealkylation sites (tertiary alicyclic amines) is 2. The van der Waals surface area contributed by atoms with Crippen molar-refractivity contribution in [3.05, 3.63) is 72.6 Å². The summed E-state index contributed by atoms with van der Waals surface area (Å²) in [5.74, 6) is 2.78. The van der Waals surface area contributed by atoms with Gasteiger partial charge in [-0.3, -0.25) is 9.89 Å². The van der Waals surface area contributed by atoms with Crippen LogP contribution in [0.15, 0.2) is 61.4 Å². The molecule has 5 heterocycles. The topological polar surface area (TPSA) is 138 Å². The number of aromatic amines is 1. The number of carbonyl (C=O) groups is 2. The molecular weight excluding hydrogens is 620 g/mol. The van der Waals surface area contributed by atoms with E-state index in [1.165, 1.54) is 0 Å². The molecule has 2 aliphatic rings. The summed E-state index contributed by atoms with van der Waals surface area (Å²) in [6.07, 6.45) is 6.11. The molecule has 12 heteroatoms. The zero-order chi connectivity index (χ0) is 34.8. The number of hydrogen-bond donors (Lipinski definition) is 3. The van der Waals surface area contributed by atoms with Crippen LogP contribution in [0.5, 0.6) is 11.5 Å². The van der Waals surface area contributed by atoms with Crippen LogP contribution in [0.25, 0.3) is 16.7 Å². The van der Waals surface area contributed by atoms with E-state index in [1.54, 1.807) is 17.3 Å². The summed E-state index contributed by atoms with van der Waals surface area (Å²) in [6, 6.07) is 13.4. The first-order valence-electron chi connectivity index (χ1n) is 16.9. The number of anilines is 2. The average molecular weight is 667 g/mol. The smallest absolute Gasteiger partial charge is 0.410 e. The van der Waals surface area contributed by atoms with Gasteiger partial charge in [0.1, 0.15) is 28.3 Å². The van der Waals surface area contributed by atoms with Crippen LogP contribution in [0.3, 0.4) is 0 Å². The fourth-order valence-electron chi connectivity index (χ4n) is 6.37. The van der Waals surface area contributed by atoms with Crippen molar-refractivity contribution in [1.82, 2.24) is 30.0 Å². The normalized spacial score (nSPS) is 17.8. The van der Waals surface area contributed by atoms with Crippen molar-refractivity contribution in [2.24, 2.45) is 5.41 Å². The Hall–Kier alpha value is -5.13. The van der Waals surface area contributed by atoms with Gasteiger partial charge in [0.2, 0.25) is 5.91 Å². The molecule has 2 saturated heterocycles. The molecular formula is C37H46N8O4. The van der Waals surface area contributed by atoms with Gasteiger partial charge in [0.25, 0.3) is 0 Å². The highest BCUT2D eigenvalue weighted by atomic mass is 16.6. The van der Waals surface area contributed by atoms with Crippen LogP contribution in [-0.2, 0) is 9.53 Å². The lowest BCUT2D eigenvalue weighted by atomic mass is 9.78. The fourth-order valence-corrected chi connectivity index (χ4v) is 6.37. The van der Waals surface area contributed by atoms with Crippen molar-refractivity contribution in [3.63, 3.8) is 0 Å². The molecule has 49 heavy (non-hydrogen) atoms. The SMILES string of the molecule is C=C(Nc1cc(C)ccn1)c1ccc(Oc2ccnc3[nH]nc(N[C@@H]4CCCN(C(=O)C5(C)CCN(C(=O)OC(C)(C)C)CC5)C4)c23)cc1. The van der Waals surface area contributed by atoms with Crippen LogP contribution >= 0.6 is 0 Å². The maximum Gasteiger partial charge on any atom is 0.410 e. The number of nitrogens with zero attached hydrogens (tertiary/aromatic N) is 5. The highest BCUT2D eigenvalue weighted by Gasteiger charge is 2.42. The molecule has 3 N–H and O–H groups in total. The molecule has 2 amide bonds. The molecule has 0 aliphatic carbocycles. The summed E-state index contributed by atoms with van der Waals surface area (Å²) in [7, 11) is 0. The standard InChI is InChI=1S/C37H46N8O4/c1-24-13-17-38-30(22-24)40-25(2)26-9-11-28(12-10-26)48-29-14-18-39-32-31(29)33(43-42-32)41-27-8-7-19-45(23-27)34(46)37(6)15-20-44(21-16-37)35(47)49-36(3,4)5/h9-14,17-18,22,27H,2,7-8,15-16,19-21,23H2,1,3-6H3,(H,38,40)(H2,39,41,42,43)/t27-/m1/s1. The first-order valence-corrected chi connectivity index (χ1v) is 16.9. The molecule has 12 nitrogen and oxygen atoms in total. The molecule has 1 aromatic carbocycles. The molecule has 2 fully saturated rings. The van der Waals surface area contributed by atoms with Gasteiger partial charge >= 0.3 is 6.09 Å². The number of pyridine rings is 2. The number of benzene rings is 1. The summed E-state index contributed by atoms with van der Waals surface area (Å²) in [5.41, 5.74) is 2.29. The van der Waals surface area contributed by atoms with Crippen molar-refractivity contribution in [2.75, 3.05) is 36.8 Å². The second-order valence-corrected chi connectivity index (χ2v) is 14.3. The van der Waals surface area contributed by atoms with Gasteiger partial charge in [-0.2, -0.15) is 5.10 Å². The number of piperidine rings is 2. The van der Waals surface area contributed by atoms with Gasteiger partial charge in [0.15, 0.2) is 11.5 Å². The second kappa shape index (κ2) is 13.8. The summed E-state index contributed by atoms with van der Waals surface area (Å²) < 4.78 is 11.9. The van der Waals surface area contributed by atoms with E-state index in [0.717, 1.165) is 40.9 Å². The van der Waals surface area contributed by atoms with Gasteiger partial charge in [-0.25, -0.2) is 14.8 Å². The van der Waals surface area contributed by atoms with Gasteiger partial charge in [0.05, 0.1) is 0 Å². The largest absolute Gasteiger partial charge is 0.456 e. The summed E-state index contributed by atoms with van der Waals surface area (Å²) >= 11 is 0. The van der Waals surface area contributed by atoms with Crippen molar-refractivity contribution in [1.29, 1.82) is 0 Å². The lowest BCUT2D eigenvalue weighted by molar-refractivity contribution is -0.145. The van der Waals surface area contributed by atoms with Crippen molar-refractivity contribution in [3.8, 4) is 11.5 Å². The molecule has 0 unspecified atom stereocenters. The second-order valence-electron chi connectivity index (χ2n) is 14.3. The molecule has 2 aliphatic heterocycles.